The molecular weight excluding hydrogens is 321 g/mol. The summed E-state index contributed by atoms with van der Waals surface area (Å²) in [6.07, 6.45) is 0. The smallest absolute Gasteiger partial charge is 0.254 e. The number of ether oxygens (including phenoxy) is 1. The Morgan fingerprint density at radius 2 is 2.22 bits per heavy atom. The molecule has 1 N–H and O–H groups in total. The summed E-state index contributed by atoms with van der Waals surface area (Å²) < 4.78 is 4.97. The molecule has 1 aromatic rings. The number of rotatable bonds is 6. The number of alkyl halides is 1. The van der Waals surface area contributed by atoms with E-state index < -0.39 is 0 Å². The van der Waals surface area contributed by atoms with Crippen molar-refractivity contribution in [1.29, 1.82) is 0 Å². The first-order valence-electron chi connectivity index (χ1n) is 5.42. The summed E-state index contributed by atoms with van der Waals surface area (Å²) in [5.74, 6) is -0.162. The lowest BCUT2D eigenvalue weighted by Crippen LogP contribution is -2.35. The van der Waals surface area contributed by atoms with Crippen molar-refractivity contribution in [2.45, 2.75) is 0 Å². The van der Waals surface area contributed by atoms with Crippen LogP contribution in [0.25, 0.3) is 0 Å². The molecule has 1 amide bonds. The Kier molecular flexibility index (Phi) is 6.46. The van der Waals surface area contributed by atoms with Crippen LogP contribution in [0, 0.1) is 0 Å². The van der Waals surface area contributed by atoms with Crippen LogP contribution in [0.4, 0.5) is 0 Å². The van der Waals surface area contributed by atoms with Gasteiger partial charge in [-0.25, -0.2) is 0 Å². The molecule has 0 fully saturated rings. The summed E-state index contributed by atoms with van der Waals surface area (Å²) >= 11 is 9.10. The topological polar surface area (TPSA) is 49.8 Å². The Bertz CT molecular complexity index is 414. The normalized spacial score (nSPS) is 10.4. The van der Waals surface area contributed by atoms with E-state index in [-0.39, 0.29) is 16.7 Å². The van der Waals surface area contributed by atoms with Crippen LogP contribution in [-0.2, 0) is 4.74 Å². The second-order valence-electron chi connectivity index (χ2n) is 3.64. The highest BCUT2D eigenvalue weighted by Gasteiger charge is 2.16. The van der Waals surface area contributed by atoms with Gasteiger partial charge in [0.15, 0.2) is 0 Å². The molecule has 0 unspecified atom stereocenters. The molecule has 0 saturated heterocycles. The van der Waals surface area contributed by atoms with Crippen molar-refractivity contribution < 1.29 is 14.6 Å². The van der Waals surface area contributed by atoms with E-state index in [1.165, 1.54) is 12.1 Å². The molecule has 100 valence electrons. The van der Waals surface area contributed by atoms with Gasteiger partial charge in [-0.15, -0.1) is 0 Å². The average molecular weight is 337 g/mol. The Morgan fingerprint density at radius 1 is 1.50 bits per heavy atom. The number of phenols is 1. The Morgan fingerprint density at radius 3 is 2.78 bits per heavy atom. The lowest BCUT2D eigenvalue weighted by molar-refractivity contribution is 0.0709. The third-order valence-corrected chi connectivity index (χ3v) is 3.06. The molecule has 0 aliphatic heterocycles. The molecule has 0 saturated carbocycles. The summed E-state index contributed by atoms with van der Waals surface area (Å²) in [5, 5.41) is 10.2. The lowest BCUT2D eigenvalue weighted by Gasteiger charge is -2.21. The molecular formula is C12H15BrClNO3. The van der Waals surface area contributed by atoms with Gasteiger partial charge in [0.1, 0.15) is 5.75 Å². The zero-order valence-corrected chi connectivity index (χ0v) is 12.4. The molecule has 6 heteroatoms. The largest absolute Gasteiger partial charge is 0.506 e. The summed E-state index contributed by atoms with van der Waals surface area (Å²) in [4.78, 5) is 13.9. The molecule has 0 bridgehead atoms. The van der Waals surface area contributed by atoms with Crippen molar-refractivity contribution in [2.24, 2.45) is 0 Å². The van der Waals surface area contributed by atoms with Gasteiger partial charge in [0.25, 0.3) is 5.91 Å². The monoisotopic (exact) mass is 335 g/mol. The average Bonchev–Trinajstić information content (AvgIpc) is 2.37. The number of benzene rings is 1. The van der Waals surface area contributed by atoms with Crippen molar-refractivity contribution >= 4 is 33.4 Å². The number of methoxy groups -OCH3 is 1. The van der Waals surface area contributed by atoms with E-state index in [1.54, 1.807) is 18.1 Å². The van der Waals surface area contributed by atoms with Crippen LogP contribution in [0.2, 0.25) is 5.02 Å². The van der Waals surface area contributed by atoms with Crippen LogP contribution in [0.3, 0.4) is 0 Å². The molecule has 0 heterocycles. The van der Waals surface area contributed by atoms with Gasteiger partial charge in [-0.3, -0.25) is 4.79 Å². The molecule has 0 spiro atoms. The fraction of sp³-hybridized carbons (Fsp3) is 0.417. The first kappa shape index (κ1) is 15.3. The van der Waals surface area contributed by atoms with Gasteiger partial charge < -0.3 is 14.7 Å². The van der Waals surface area contributed by atoms with Crippen molar-refractivity contribution in [1.82, 2.24) is 4.90 Å². The van der Waals surface area contributed by atoms with Gasteiger partial charge in [-0.2, -0.15) is 0 Å². The van der Waals surface area contributed by atoms with E-state index in [0.717, 1.165) is 0 Å². The number of carbonyl (C=O) groups excluding carboxylic acids is 1. The summed E-state index contributed by atoms with van der Waals surface area (Å²) in [6.45, 7) is 1.57. The summed E-state index contributed by atoms with van der Waals surface area (Å²) in [7, 11) is 1.59. The van der Waals surface area contributed by atoms with Gasteiger partial charge in [0.05, 0.1) is 11.6 Å². The highest BCUT2D eigenvalue weighted by Crippen LogP contribution is 2.24. The number of hydrogen-bond acceptors (Lipinski definition) is 3. The maximum Gasteiger partial charge on any atom is 0.254 e. The second kappa shape index (κ2) is 7.61. The zero-order valence-electron chi connectivity index (χ0n) is 10.0. The van der Waals surface area contributed by atoms with Gasteiger partial charge in [0, 0.05) is 31.1 Å². The van der Waals surface area contributed by atoms with E-state index in [9.17, 15) is 9.90 Å². The van der Waals surface area contributed by atoms with E-state index in [1.807, 2.05) is 0 Å². The van der Waals surface area contributed by atoms with E-state index in [2.05, 4.69) is 15.9 Å². The quantitative estimate of drug-likeness (QED) is 0.812. The fourth-order valence-corrected chi connectivity index (χ4v) is 2.05. The number of nitrogens with zero attached hydrogens (tertiary/aromatic N) is 1. The first-order chi connectivity index (χ1) is 8.60. The standard InChI is InChI=1S/C12H15BrClNO3/c1-18-7-6-15(5-4-13)12(17)9-2-3-11(16)10(14)8-9/h2-3,8,16H,4-7H2,1H3. The van der Waals surface area contributed by atoms with E-state index in [0.29, 0.717) is 30.6 Å². The highest BCUT2D eigenvalue weighted by atomic mass is 79.9. The predicted molar refractivity (Wildman–Crippen MR) is 74.7 cm³/mol. The molecule has 18 heavy (non-hydrogen) atoms. The third-order valence-electron chi connectivity index (χ3n) is 2.40. The predicted octanol–water partition coefficient (Wildman–Crippen LogP) is 2.53. The number of halogens is 2. The van der Waals surface area contributed by atoms with Crippen LogP contribution < -0.4 is 0 Å². The number of carbonyl (C=O) groups is 1. The second-order valence-corrected chi connectivity index (χ2v) is 4.84. The molecule has 4 nitrogen and oxygen atoms in total. The van der Waals surface area contributed by atoms with E-state index in [4.69, 9.17) is 16.3 Å². The number of hydrogen-bond donors (Lipinski definition) is 1. The maximum atomic E-state index is 12.2. The van der Waals surface area contributed by atoms with Crippen LogP contribution >= 0.6 is 27.5 Å². The summed E-state index contributed by atoms with van der Waals surface area (Å²) in [6, 6.07) is 4.43. The number of amides is 1. The van der Waals surface area contributed by atoms with Gasteiger partial charge in [-0.1, -0.05) is 27.5 Å². The Balaban J connectivity index is 2.83. The van der Waals surface area contributed by atoms with Gasteiger partial charge in [-0.05, 0) is 18.2 Å². The minimum Gasteiger partial charge on any atom is -0.506 e. The Hall–Kier alpha value is -0.780. The van der Waals surface area contributed by atoms with Gasteiger partial charge >= 0.3 is 0 Å². The molecule has 0 aliphatic rings. The van der Waals surface area contributed by atoms with Gasteiger partial charge in [0.2, 0.25) is 0 Å². The first-order valence-corrected chi connectivity index (χ1v) is 6.92. The van der Waals surface area contributed by atoms with Crippen molar-refractivity contribution in [3.05, 3.63) is 28.8 Å². The molecule has 0 aromatic heterocycles. The molecule has 1 aromatic carbocycles. The van der Waals surface area contributed by atoms with Crippen LogP contribution in [0.15, 0.2) is 18.2 Å². The van der Waals surface area contributed by atoms with E-state index >= 15 is 0 Å². The Labute approximate surface area is 120 Å². The zero-order chi connectivity index (χ0) is 13.5. The number of aromatic hydroxyl groups is 1. The minimum atomic E-state index is -0.131. The lowest BCUT2D eigenvalue weighted by atomic mass is 10.2. The van der Waals surface area contributed by atoms with Crippen molar-refractivity contribution in [3.63, 3.8) is 0 Å². The van der Waals surface area contributed by atoms with Crippen LogP contribution in [-0.4, -0.2) is 48.0 Å². The number of phenolic OH excluding ortho intramolecular Hbond substituents is 1. The fourth-order valence-electron chi connectivity index (χ4n) is 1.44. The van der Waals surface area contributed by atoms with Crippen LogP contribution in [0.1, 0.15) is 10.4 Å². The van der Waals surface area contributed by atoms with Crippen molar-refractivity contribution in [3.8, 4) is 5.75 Å². The molecule has 0 radical (unpaired) electrons. The minimum absolute atomic E-state index is 0.0304. The highest BCUT2D eigenvalue weighted by molar-refractivity contribution is 9.09. The summed E-state index contributed by atoms with van der Waals surface area (Å²) in [5.41, 5.74) is 0.454. The van der Waals surface area contributed by atoms with Crippen molar-refractivity contribution in [2.75, 3.05) is 32.1 Å². The molecule has 1 rings (SSSR count). The third kappa shape index (κ3) is 4.15. The maximum absolute atomic E-state index is 12.2. The SMILES string of the molecule is COCCN(CCBr)C(=O)c1ccc(O)c(Cl)c1. The molecule has 0 aliphatic carbocycles. The molecule has 0 atom stereocenters. The van der Waals surface area contributed by atoms with Crippen LogP contribution in [0.5, 0.6) is 5.75 Å².